The number of aryl methyl sites for hydroxylation is 1. The molecule has 0 unspecified atom stereocenters. The lowest BCUT2D eigenvalue weighted by atomic mass is 10.2. The van der Waals surface area contributed by atoms with Crippen molar-refractivity contribution < 1.29 is 9.18 Å². The molecule has 23 heavy (non-hydrogen) atoms. The Labute approximate surface area is 137 Å². The van der Waals surface area contributed by atoms with E-state index in [-0.39, 0.29) is 5.91 Å². The van der Waals surface area contributed by atoms with Crippen molar-refractivity contribution in [2.75, 3.05) is 5.32 Å². The lowest BCUT2D eigenvalue weighted by Gasteiger charge is -2.08. The number of benzene rings is 1. The number of nitrogens with zero attached hydrogens (tertiary/aromatic N) is 2. The van der Waals surface area contributed by atoms with Crippen LogP contribution in [0.5, 0.6) is 0 Å². The van der Waals surface area contributed by atoms with Crippen LogP contribution in [0.25, 0.3) is 5.65 Å². The van der Waals surface area contributed by atoms with Gasteiger partial charge in [-0.2, -0.15) is 0 Å². The van der Waals surface area contributed by atoms with Crippen LogP contribution in [0.1, 0.15) is 29.5 Å². The van der Waals surface area contributed by atoms with Gasteiger partial charge in [0.25, 0.3) is 5.91 Å². The Morgan fingerprint density at radius 3 is 2.83 bits per heavy atom. The average molecular weight is 332 g/mol. The molecule has 2 aromatic heterocycles. The molecular formula is C17H15ClFN3O. The molecule has 2 heterocycles. The number of hydrogen-bond acceptors (Lipinski definition) is 2. The largest absolute Gasteiger partial charge is 0.319 e. The summed E-state index contributed by atoms with van der Waals surface area (Å²) in [5.41, 5.74) is 2.02. The van der Waals surface area contributed by atoms with Crippen LogP contribution < -0.4 is 5.32 Å². The lowest BCUT2D eigenvalue weighted by Crippen LogP contribution is -2.16. The molecule has 0 saturated carbocycles. The Hall–Kier alpha value is -2.40. The van der Waals surface area contributed by atoms with Gasteiger partial charge in [-0.3, -0.25) is 9.20 Å². The number of hydrogen-bond donors (Lipinski definition) is 1. The number of pyridine rings is 1. The number of aromatic nitrogens is 2. The van der Waals surface area contributed by atoms with Gasteiger partial charge in [-0.25, -0.2) is 9.37 Å². The number of para-hydroxylation sites is 1. The lowest BCUT2D eigenvalue weighted by molar-refractivity contribution is 0.102. The Morgan fingerprint density at radius 1 is 1.30 bits per heavy atom. The van der Waals surface area contributed by atoms with Gasteiger partial charge >= 0.3 is 0 Å². The van der Waals surface area contributed by atoms with Crippen LogP contribution in [0.3, 0.4) is 0 Å². The van der Waals surface area contributed by atoms with Crippen LogP contribution in [0.4, 0.5) is 10.1 Å². The average Bonchev–Trinajstić information content (AvgIpc) is 2.87. The normalized spacial score (nSPS) is 10.9. The third-order valence-corrected chi connectivity index (χ3v) is 3.81. The van der Waals surface area contributed by atoms with Crippen molar-refractivity contribution >= 4 is 28.8 Å². The maximum atomic E-state index is 13.6. The van der Waals surface area contributed by atoms with Crippen molar-refractivity contribution in [2.24, 2.45) is 0 Å². The Bertz CT molecular complexity index is 875. The number of fused-ring (bicyclic) bond motifs is 1. The Balaban J connectivity index is 2.06. The van der Waals surface area contributed by atoms with E-state index in [0.29, 0.717) is 34.2 Å². The van der Waals surface area contributed by atoms with Crippen molar-refractivity contribution in [3.05, 3.63) is 64.8 Å². The molecule has 4 nitrogen and oxygen atoms in total. The fourth-order valence-corrected chi connectivity index (χ4v) is 2.65. The molecule has 1 N–H and O–H groups in total. The monoisotopic (exact) mass is 331 g/mol. The molecule has 0 radical (unpaired) electrons. The summed E-state index contributed by atoms with van der Waals surface area (Å²) in [6.07, 6.45) is 2.73. The molecule has 1 aromatic carbocycles. The first-order valence-electron chi connectivity index (χ1n) is 7.32. The van der Waals surface area contributed by atoms with Gasteiger partial charge in [0.15, 0.2) is 0 Å². The molecule has 6 heteroatoms. The highest BCUT2D eigenvalue weighted by Gasteiger charge is 2.20. The maximum absolute atomic E-state index is 13.6. The van der Waals surface area contributed by atoms with Crippen LogP contribution in [0, 0.1) is 5.82 Å². The number of nitrogens with one attached hydrogen (secondary N) is 1. The fourth-order valence-electron chi connectivity index (χ4n) is 2.46. The molecule has 0 saturated heterocycles. The van der Waals surface area contributed by atoms with E-state index in [4.69, 9.17) is 11.6 Å². The van der Waals surface area contributed by atoms with Crippen LogP contribution in [-0.4, -0.2) is 15.3 Å². The van der Waals surface area contributed by atoms with Crippen molar-refractivity contribution in [1.29, 1.82) is 0 Å². The van der Waals surface area contributed by atoms with Crippen molar-refractivity contribution in [2.45, 2.75) is 19.8 Å². The van der Waals surface area contributed by atoms with E-state index >= 15 is 0 Å². The summed E-state index contributed by atoms with van der Waals surface area (Å²) in [5.74, 6) is -0.788. The molecular weight excluding hydrogens is 317 g/mol. The first kappa shape index (κ1) is 15.5. The van der Waals surface area contributed by atoms with E-state index in [0.717, 1.165) is 6.42 Å². The second kappa shape index (κ2) is 6.38. The fraction of sp³-hybridized carbons (Fsp3) is 0.176. The standard InChI is InChI=1S/C17H15ClFN3O/c1-2-5-14-16(22-10-11(19)8-9-15(22)20-14)17(23)21-13-7-4-3-6-12(13)18/h3-4,6-10H,2,5H2,1H3,(H,21,23). The van der Waals surface area contributed by atoms with Gasteiger partial charge in [-0.1, -0.05) is 37.1 Å². The van der Waals surface area contributed by atoms with Crippen LogP contribution in [0.15, 0.2) is 42.6 Å². The third-order valence-electron chi connectivity index (χ3n) is 3.48. The van der Waals surface area contributed by atoms with Crippen molar-refractivity contribution in [1.82, 2.24) is 9.38 Å². The number of carbonyl (C=O) groups is 1. The highest BCUT2D eigenvalue weighted by Crippen LogP contribution is 2.23. The molecule has 0 aliphatic heterocycles. The molecule has 0 bridgehead atoms. The van der Waals surface area contributed by atoms with Gasteiger partial charge in [0, 0.05) is 6.20 Å². The highest BCUT2D eigenvalue weighted by atomic mass is 35.5. The predicted molar refractivity (Wildman–Crippen MR) is 88.6 cm³/mol. The van der Waals surface area contributed by atoms with Gasteiger partial charge < -0.3 is 5.32 Å². The molecule has 118 valence electrons. The van der Waals surface area contributed by atoms with Crippen LogP contribution in [0.2, 0.25) is 5.02 Å². The van der Waals surface area contributed by atoms with Gasteiger partial charge in [-0.15, -0.1) is 0 Å². The quantitative estimate of drug-likeness (QED) is 0.773. The highest BCUT2D eigenvalue weighted by molar-refractivity contribution is 6.33. The van der Waals surface area contributed by atoms with E-state index < -0.39 is 5.82 Å². The third kappa shape index (κ3) is 3.05. The van der Waals surface area contributed by atoms with E-state index in [2.05, 4.69) is 10.3 Å². The summed E-state index contributed by atoms with van der Waals surface area (Å²) in [5, 5.41) is 3.21. The van der Waals surface area contributed by atoms with E-state index in [1.54, 1.807) is 30.3 Å². The zero-order valence-electron chi connectivity index (χ0n) is 12.5. The van der Waals surface area contributed by atoms with Crippen molar-refractivity contribution in [3.8, 4) is 0 Å². The van der Waals surface area contributed by atoms with Crippen LogP contribution in [-0.2, 0) is 6.42 Å². The zero-order valence-corrected chi connectivity index (χ0v) is 13.3. The number of rotatable bonds is 4. The summed E-state index contributed by atoms with van der Waals surface area (Å²) >= 11 is 6.08. The molecule has 0 aliphatic carbocycles. The second-order valence-electron chi connectivity index (χ2n) is 5.17. The number of carbonyl (C=O) groups excluding carboxylic acids is 1. The number of imidazole rings is 1. The zero-order chi connectivity index (χ0) is 16.4. The van der Waals surface area contributed by atoms with Crippen LogP contribution >= 0.6 is 11.6 Å². The van der Waals surface area contributed by atoms with Gasteiger partial charge in [0.1, 0.15) is 17.2 Å². The minimum atomic E-state index is -0.426. The molecule has 0 spiro atoms. The predicted octanol–water partition coefficient (Wildman–Crippen LogP) is 4.33. The molecule has 3 rings (SSSR count). The minimum Gasteiger partial charge on any atom is -0.319 e. The summed E-state index contributed by atoms with van der Waals surface area (Å²) < 4.78 is 15.0. The SMILES string of the molecule is CCCc1nc2ccc(F)cn2c1C(=O)Nc1ccccc1Cl. The summed E-state index contributed by atoms with van der Waals surface area (Å²) in [7, 11) is 0. The number of anilines is 1. The molecule has 0 atom stereocenters. The van der Waals surface area contributed by atoms with E-state index in [9.17, 15) is 9.18 Å². The van der Waals surface area contributed by atoms with Gasteiger partial charge in [0.2, 0.25) is 0 Å². The number of amides is 1. The molecule has 0 fully saturated rings. The molecule has 1 amide bonds. The second-order valence-corrected chi connectivity index (χ2v) is 5.57. The van der Waals surface area contributed by atoms with E-state index in [1.807, 2.05) is 6.92 Å². The molecule has 3 aromatic rings. The Kier molecular flexibility index (Phi) is 4.30. The van der Waals surface area contributed by atoms with E-state index in [1.165, 1.54) is 16.7 Å². The topological polar surface area (TPSA) is 46.4 Å². The smallest absolute Gasteiger partial charge is 0.274 e. The number of halogens is 2. The summed E-state index contributed by atoms with van der Waals surface area (Å²) in [6, 6.07) is 9.85. The first-order valence-corrected chi connectivity index (χ1v) is 7.70. The van der Waals surface area contributed by atoms with Gasteiger partial charge in [0.05, 0.1) is 16.4 Å². The minimum absolute atomic E-state index is 0.335. The summed E-state index contributed by atoms with van der Waals surface area (Å²) in [6.45, 7) is 2.00. The Morgan fingerprint density at radius 2 is 2.09 bits per heavy atom. The van der Waals surface area contributed by atoms with Crippen molar-refractivity contribution in [3.63, 3.8) is 0 Å². The first-order chi connectivity index (χ1) is 11.1. The van der Waals surface area contributed by atoms with Gasteiger partial charge in [-0.05, 0) is 30.7 Å². The summed E-state index contributed by atoms with van der Waals surface area (Å²) in [4.78, 5) is 17.1. The maximum Gasteiger partial charge on any atom is 0.274 e. The molecule has 0 aliphatic rings.